The molecule has 0 aromatic heterocycles. The van der Waals surface area contributed by atoms with Crippen molar-refractivity contribution < 1.29 is 23.4 Å². The van der Waals surface area contributed by atoms with Crippen LogP contribution in [0.15, 0.2) is 36.4 Å². The number of ether oxygens (including phenoxy) is 2. The Morgan fingerprint density at radius 1 is 1.06 bits per heavy atom. The van der Waals surface area contributed by atoms with Crippen LogP contribution in [0.1, 0.15) is 68.9 Å². The Bertz CT molecular complexity index is 860. The molecule has 0 aliphatic rings. The monoisotopic (exact) mass is 448 g/mol. The van der Waals surface area contributed by atoms with Crippen molar-refractivity contribution in [1.82, 2.24) is 0 Å². The molecule has 0 aliphatic carbocycles. The van der Waals surface area contributed by atoms with E-state index in [0.717, 1.165) is 5.56 Å². The molecular weight excluding hydrogens is 411 g/mol. The Labute approximate surface area is 187 Å². The number of methoxy groups -OCH3 is 1. The molecule has 31 heavy (non-hydrogen) atoms. The zero-order valence-corrected chi connectivity index (χ0v) is 21.1. The summed E-state index contributed by atoms with van der Waals surface area (Å²) in [6, 6.07) is 10.8. The van der Waals surface area contributed by atoms with Gasteiger partial charge in [-0.1, -0.05) is 65.0 Å². The average molecular weight is 449 g/mol. The van der Waals surface area contributed by atoms with Crippen LogP contribution >= 0.6 is 0 Å². The second-order valence-electron chi connectivity index (χ2n) is 9.74. The average Bonchev–Trinajstić information content (AvgIpc) is 2.69. The zero-order valence-electron chi connectivity index (χ0n) is 20.1. The summed E-state index contributed by atoms with van der Waals surface area (Å²) in [6.45, 7) is 15.0. The van der Waals surface area contributed by atoms with Gasteiger partial charge in [-0.3, -0.25) is 0 Å². The first-order valence-electron chi connectivity index (χ1n) is 10.7. The number of aliphatic hydroxyl groups excluding tert-OH is 1. The van der Waals surface area contributed by atoms with Crippen LogP contribution in [0.5, 0.6) is 5.75 Å². The predicted molar refractivity (Wildman–Crippen MR) is 125 cm³/mol. The minimum absolute atomic E-state index is 0.0440. The topological polar surface area (TPSA) is 47.9 Å². The SMILES string of the molecule is COCOc1cc(CO[Si](C)(C)C(C)(C)C)c(C(C)C)c(F)c1C(O)c1ccccc1. The number of hydrogen-bond donors (Lipinski definition) is 1. The van der Waals surface area contributed by atoms with Crippen molar-refractivity contribution in [3.8, 4) is 5.75 Å². The summed E-state index contributed by atoms with van der Waals surface area (Å²) in [5.41, 5.74) is 2.02. The minimum atomic E-state index is -2.03. The van der Waals surface area contributed by atoms with Crippen LogP contribution in [0, 0.1) is 5.82 Å². The fourth-order valence-corrected chi connectivity index (χ4v) is 4.17. The number of benzene rings is 2. The predicted octanol–water partition coefficient (Wildman–Crippen LogP) is 6.54. The molecule has 6 heteroatoms. The van der Waals surface area contributed by atoms with Crippen LogP contribution < -0.4 is 4.74 Å². The maximum absolute atomic E-state index is 15.9. The standard InChI is InChI=1S/C25H37FO4Si/c1-17(2)21-19(15-30-31(7,8)25(3,4)5)14-20(29-16-28-6)22(23(21)26)24(27)18-12-10-9-11-13-18/h9-14,17,24,27H,15-16H2,1-8H3. The van der Waals surface area contributed by atoms with E-state index < -0.39 is 20.2 Å². The van der Waals surface area contributed by atoms with E-state index in [4.69, 9.17) is 13.9 Å². The third-order valence-electron chi connectivity index (χ3n) is 6.08. The van der Waals surface area contributed by atoms with Crippen LogP contribution in [-0.4, -0.2) is 27.3 Å². The van der Waals surface area contributed by atoms with Crippen LogP contribution in [0.2, 0.25) is 18.1 Å². The highest BCUT2D eigenvalue weighted by molar-refractivity contribution is 6.74. The zero-order chi connectivity index (χ0) is 23.4. The first kappa shape index (κ1) is 25.5. The molecule has 0 spiro atoms. The van der Waals surface area contributed by atoms with Crippen molar-refractivity contribution in [2.24, 2.45) is 0 Å². The summed E-state index contributed by atoms with van der Waals surface area (Å²) in [7, 11) is -0.523. The lowest BCUT2D eigenvalue weighted by atomic mass is 9.90. The van der Waals surface area contributed by atoms with Crippen molar-refractivity contribution in [2.75, 3.05) is 13.9 Å². The molecule has 0 saturated carbocycles. The smallest absolute Gasteiger partial charge is 0.192 e. The van der Waals surface area contributed by atoms with E-state index in [-0.39, 0.29) is 29.1 Å². The molecule has 0 bridgehead atoms. The minimum Gasteiger partial charge on any atom is -0.467 e. The molecule has 1 atom stereocenters. The maximum Gasteiger partial charge on any atom is 0.192 e. The molecule has 0 saturated heterocycles. The molecule has 0 amide bonds. The first-order chi connectivity index (χ1) is 14.4. The first-order valence-corrected chi connectivity index (χ1v) is 13.7. The number of halogens is 1. The Morgan fingerprint density at radius 2 is 1.68 bits per heavy atom. The lowest BCUT2D eigenvalue weighted by Crippen LogP contribution is -2.40. The van der Waals surface area contributed by atoms with Crippen LogP contribution in [0.4, 0.5) is 4.39 Å². The van der Waals surface area contributed by atoms with Gasteiger partial charge in [-0.2, -0.15) is 0 Å². The van der Waals surface area contributed by atoms with E-state index in [9.17, 15) is 5.11 Å². The van der Waals surface area contributed by atoms with Crippen molar-refractivity contribution in [2.45, 2.75) is 71.4 Å². The van der Waals surface area contributed by atoms with Gasteiger partial charge in [0.05, 0.1) is 12.2 Å². The van der Waals surface area contributed by atoms with Crippen molar-refractivity contribution >= 4 is 8.32 Å². The van der Waals surface area contributed by atoms with E-state index in [1.807, 2.05) is 32.0 Å². The molecule has 0 aliphatic heterocycles. The van der Waals surface area contributed by atoms with Crippen LogP contribution in [0.3, 0.4) is 0 Å². The summed E-state index contributed by atoms with van der Waals surface area (Å²) in [5, 5.41) is 11.1. The lowest BCUT2D eigenvalue weighted by Gasteiger charge is -2.36. The highest BCUT2D eigenvalue weighted by atomic mass is 28.4. The number of hydrogen-bond acceptors (Lipinski definition) is 4. The van der Waals surface area contributed by atoms with E-state index in [1.54, 1.807) is 18.2 Å². The molecular formula is C25H37FO4Si. The van der Waals surface area contributed by atoms with Crippen LogP contribution in [-0.2, 0) is 15.8 Å². The molecule has 172 valence electrons. The van der Waals surface area contributed by atoms with Gasteiger partial charge in [-0.15, -0.1) is 0 Å². The van der Waals surface area contributed by atoms with Gasteiger partial charge in [0, 0.05) is 7.11 Å². The van der Waals surface area contributed by atoms with Gasteiger partial charge in [0.2, 0.25) is 0 Å². The van der Waals surface area contributed by atoms with Crippen molar-refractivity contribution in [3.63, 3.8) is 0 Å². The molecule has 0 fully saturated rings. The van der Waals surface area contributed by atoms with E-state index in [2.05, 4.69) is 33.9 Å². The van der Waals surface area contributed by atoms with Gasteiger partial charge in [0.15, 0.2) is 15.1 Å². The summed E-state index contributed by atoms with van der Waals surface area (Å²) >= 11 is 0. The van der Waals surface area contributed by atoms with Gasteiger partial charge >= 0.3 is 0 Å². The second-order valence-corrected chi connectivity index (χ2v) is 14.6. The molecule has 1 N–H and O–H groups in total. The Kier molecular flexibility index (Phi) is 8.45. The molecule has 1 unspecified atom stereocenters. The van der Waals surface area contributed by atoms with E-state index in [0.29, 0.717) is 17.7 Å². The normalized spacial score (nSPS) is 13.5. The number of rotatable bonds is 9. The van der Waals surface area contributed by atoms with Crippen molar-refractivity contribution in [3.05, 3.63) is 64.5 Å². The molecule has 0 heterocycles. The maximum atomic E-state index is 15.9. The highest BCUT2D eigenvalue weighted by Gasteiger charge is 2.37. The Morgan fingerprint density at radius 3 is 2.19 bits per heavy atom. The quantitative estimate of drug-likeness (QED) is 0.350. The fourth-order valence-electron chi connectivity index (χ4n) is 3.22. The van der Waals surface area contributed by atoms with Gasteiger partial charge in [-0.25, -0.2) is 4.39 Å². The molecule has 0 radical (unpaired) electrons. The Balaban J connectivity index is 2.58. The Hall–Kier alpha value is -1.73. The number of aliphatic hydroxyl groups is 1. The molecule has 4 nitrogen and oxygen atoms in total. The van der Waals surface area contributed by atoms with Gasteiger partial charge < -0.3 is 19.0 Å². The summed E-state index contributed by atoms with van der Waals surface area (Å²) in [5.74, 6) is -0.265. The fraction of sp³-hybridized carbons (Fsp3) is 0.520. The van der Waals surface area contributed by atoms with E-state index in [1.165, 1.54) is 7.11 Å². The highest BCUT2D eigenvalue weighted by Crippen LogP contribution is 2.41. The summed E-state index contributed by atoms with van der Waals surface area (Å²) in [4.78, 5) is 0. The molecule has 2 aromatic carbocycles. The molecule has 2 aromatic rings. The van der Waals surface area contributed by atoms with E-state index >= 15 is 4.39 Å². The van der Waals surface area contributed by atoms with Gasteiger partial charge in [0.25, 0.3) is 0 Å². The van der Waals surface area contributed by atoms with Gasteiger partial charge in [-0.05, 0) is 46.8 Å². The summed E-state index contributed by atoms with van der Waals surface area (Å²) in [6.07, 6.45) is -1.15. The summed E-state index contributed by atoms with van der Waals surface area (Å²) < 4.78 is 33.1. The van der Waals surface area contributed by atoms with Gasteiger partial charge in [0.1, 0.15) is 17.7 Å². The van der Waals surface area contributed by atoms with Crippen LogP contribution in [0.25, 0.3) is 0 Å². The second kappa shape index (κ2) is 10.3. The molecule has 2 rings (SSSR count). The third kappa shape index (κ3) is 5.95. The van der Waals surface area contributed by atoms with Crippen molar-refractivity contribution in [1.29, 1.82) is 0 Å². The lowest BCUT2D eigenvalue weighted by molar-refractivity contribution is 0.0481. The largest absolute Gasteiger partial charge is 0.467 e. The third-order valence-corrected chi connectivity index (χ3v) is 10.6.